The molecule has 0 aliphatic rings. The fourth-order valence-corrected chi connectivity index (χ4v) is 2.42. The van der Waals surface area contributed by atoms with Crippen molar-refractivity contribution in [2.24, 2.45) is 0 Å². The van der Waals surface area contributed by atoms with E-state index in [4.69, 9.17) is 4.74 Å². The molecule has 2 aromatic carbocycles. The third-order valence-corrected chi connectivity index (χ3v) is 3.67. The van der Waals surface area contributed by atoms with Gasteiger partial charge in [-0.05, 0) is 47.5 Å². The number of nitrogens with one attached hydrogen (secondary N) is 1. The molecule has 0 aliphatic carbocycles. The highest BCUT2D eigenvalue weighted by atomic mass is 16.5. The van der Waals surface area contributed by atoms with Gasteiger partial charge < -0.3 is 10.1 Å². The van der Waals surface area contributed by atoms with Gasteiger partial charge in [-0.3, -0.25) is 9.78 Å². The molecule has 0 spiro atoms. The molecule has 0 saturated carbocycles. The quantitative estimate of drug-likeness (QED) is 0.785. The van der Waals surface area contributed by atoms with Crippen LogP contribution in [-0.2, 0) is 4.79 Å². The Labute approximate surface area is 135 Å². The molecule has 0 bridgehead atoms. The third kappa shape index (κ3) is 3.86. The summed E-state index contributed by atoms with van der Waals surface area (Å²) in [6.07, 6.45) is 3.42. The lowest BCUT2D eigenvalue weighted by Crippen LogP contribution is -2.31. The number of rotatable bonds is 5. The van der Waals surface area contributed by atoms with Gasteiger partial charge in [-0.1, -0.05) is 30.3 Å². The van der Waals surface area contributed by atoms with Crippen LogP contribution in [0.15, 0.2) is 67.0 Å². The third-order valence-electron chi connectivity index (χ3n) is 3.67. The molecule has 0 saturated heterocycles. The van der Waals surface area contributed by atoms with Gasteiger partial charge in [0.25, 0.3) is 5.91 Å². The number of pyridine rings is 1. The van der Waals surface area contributed by atoms with E-state index in [0.717, 1.165) is 16.3 Å². The van der Waals surface area contributed by atoms with E-state index in [1.54, 1.807) is 12.4 Å². The number of hydrogen-bond acceptors (Lipinski definition) is 3. The van der Waals surface area contributed by atoms with Gasteiger partial charge in [0.15, 0.2) is 6.61 Å². The van der Waals surface area contributed by atoms with Gasteiger partial charge >= 0.3 is 0 Å². The number of hydrogen-bond donors (Lipinski definition) is 1. The molecule has 23 heavy (non-hydrogen) atoms. The number of carbonyl (C=O) groups is 1. The van der Waals surface area contributed by atoms with Crippen LogP contribution in [0.3, 0.4) is 0 Å². The van der Waals surface area contributed by atoms with E-state index in [2.05, 4.69) is 10.3 Å². The number of amides is 1. The first-order valence-corrected chi connectivity index (χ1v) is 7.53. The van der Waals surface area contributed by atoms with Crippen LogP contribution in [0.5, 0.6) is 5.75 Å². The average Bonchev–Trinajstić information content (AvgIpc) is 2.60. The van der Waals surface area contributed by atoms with Crippen molar-refractivity contribution in [1.82, 2.24) is 10.3 Å². The van der Waals surface area contributed by atoms with Crippen molar-refractivity contribution in [1.29, 1.82) is 0 Å². The van der Waals surface area contributed by atoms with Gasteiger partial charge in [0.1, 0.15) is 5.75 Å². The minimum atomic E-state index is -0.150. The molecule has 4 nitrogen and oxygen atoms in total. The molecular formula is C19H18N2O2. The summed E-state index contributed by atoms with van der Waals surface area (Å²) in [7, 11) is 0. The van der Waals surface area contributed by atoms with Crippen molar-refractivity contribution in [3.8, 4) is 5.75 Å². The average molecular weight is 306 g/mol. The lowest BCUT2D eigenvalue weighted by molar-refractivity contribution is -0.123. The summed E-state index contributed by atoms with van der Waals surface area (Å²) in [4.78, 5) is 16.0. The summed E-state index contributed by atoms with van der Waals surface area (Å²) in [6.45, 7) is 1.93. The largest absolute Gasteiger partial charge is 0.484 e. The van der Waals surface area contributed by atoms with Crippen LogP contribution < -0.4 is 10.1 Å². The van der Waals surface area contributed by atoms with Gasteiger partial charge in [-0.25, -0.2) is 0 Å². The molecule has 3 aromatic rings. The number of fused-ring (bicyclic) bond motifs is 1. The Morgan fingerprint density at radius 2 is 1.83 bits per heavy atom. The maximum Gasteiger partial charge on any atom is 0.258 e. The standard InChI is InChI=1S/C19H18N2O2/c1-14(15-8-10-20-11-9-15)21-19(22)13-23-18-7-6-16-4-2-3-5-17(16)12-18/h2-12,14H,13H2,1H3,(H,21,22). The van der Waals surface area contributed by atoms with E-state index in [0.29, 0.717) is 5.75 Å². The van der Waals surface area contributed by atoms with Gasteiger partial charge in [0, 0.05) is 12.4 Å². The van der Waals surface area contributed by atoms with Crippen LogP contribution in [0, 0.1) is 0 Å². The van der Waals surface area contributed by atoms with Crippen molar-refractivity contribution in [3.05, 3.63) is 72.6 Å². The SMILES string of the molecule is CC(NC(=O)COc1ccc2ccccc2c1)c1ccncc1. The second-order valence-electron chi connectivity index (χ2n) is 5.37. The van der Waals surface area contributed by atoms with Crippen molar-refractivity contribution in [2.75, 3.05) is 6.61 Å². The zero-order valence-corrected chi connectivity index (χ0v) is 12.9. The van der Waals surface area contributed by atoms with Crippen LogP contribution >= 0.6 is 0 Å². The van der Waals surface area contributed by atoms with Gasteiger partial charge in [0.2, 0.25) is 0 Å². The smallest absolute Gasteiger partial charge is 0.258 e. The highest BCUT2D eigenvalue weighted by Gasteiger charge is 2.10. The van der Waals surface area contributed by atoms with Crippen LogP contribution in [0.4, 0.5) is 0 Å². The fraction of sp³-hybridized carbons (Fsp3) is 0.158. The molecule has 1 heterocycles. The Balaban J connectivity index is 1.57. The van der Waals surface area contributed by atoms with Crippen LogP contribution in [-0.4, -0.2) is 17.5 Å². The molecule has 1 unspecified atom stereocenters. The zero-order valence-electron chi connectivity index (χ0n) is 12.9. The number of aromatic nitrogens is 1. The molecule has 3 rings (SSSR count). The maximum atomic E-state index is 12.0. The van der Waals surface area contributed by atoms with Crippen LogP contribution in [0.2, 0.25) is 0 Å². The predicted molar refractivity (Wildman–Crippen MR) is 90.2 cm³/mol. The van der Waals surface area contributed by atoms with E-state index >= 15 is 0 Å². The Morgan fingerprint density at radius 3 is 2.61 bits per heavy atom. The highest BCUT2D eigenvalue weighted by molar-refractivity contribution is 5.84. The normalized spacial score (nSPS) is 11.9. The summed E-state index contributed by atoms with van der Waals surface area (Å²) in [6, 6.07) is 17.5. The van der Waals surface area contributed by atoms with E-state index in [1.807, 2.05) is 61.5 Å². The minimum Gasteiger partial charge on any atom is -0.484 e. The second-order valence-corrected chi connectivity index (χ2v) is 5.37. The topological polar surface area (TPSA) is 51.2 Å². The molecule has 1 N–H and O–H groups in total. The summed E-state index contributed by atoms with van der Waals surface area (Å²) in [5.41, 5.74) is 1.01. The monoisotopic (exact) mass is 306 g/mol. The molecule has 1 atom stereocenters. The van der Waals surface area contributed by atoms with Crippen molar-refractivity contribution < 1.29 is 9.53 Å². The summed E-state index contributed by atoms with van der Waals surface area (Å²) in [5.74, 6) is 0.540. The highest BCUT2D eigenvalue weighted by Crippen LogP contribution is 2.20. The minimum absolute atomic E-state index is 0.00619. The van der Waals surface area contributed by atoms with Crippen molar-refractivity contribution in [3.63, 3.8) is 0 Å². The van der Waals surface area contributed by atoms with Crippen LogP contribution in [0.1, 0.15) is 18.5 Å². The number of nitrogens with zero attached hydrogens (tertiary/aromatic N) is 1. The lowest BCUT2D eigenvalue weighted by atomic mass is 10.1. The fourth-order valence-electron chi connectivity index (χ4n) is 2.42. The number of carbonyl (C=O) groups excluding carboxylic acids is 1. The van der Waals surface area contributed by atoms with E-state index in [-0.39, 0.29) is 18.6 Å². The van der Waals surface area contributed by atoms with E-state index < -0.39 is 0 Å². The Kier molecular flexibility index (Phi) is 4.52. The molecular weight excluding hydrogens is 288 g/mol. The van der Waals surface area contributed by atoms with Gasteiger partial charge in [-0.15, -0.1) is 0 Å². The predicted octanol–water partition coefficient (Wildman–Crippen LogP) is 3.49. The molecule has 0 fully saturated rings. The Bertz CT molecular complexity index is 803. The lowest BCUT2D eigenvalue weighted by Gasteiger charge is -2.14. The van der Waals surface area contributed by atoms with E-state index in [1.165, 1.54) is 0 Å². The zero-order chi connectivity index (χ0) is 16.1. The molecule has 0 radical (unpaired) electrons. The molecule has 4 heteroatoms. The summed E-state index contributed by atoms with van der Waals surface area (Å²) in [5, 5.41) is 5.15. The molecule has 1 amide bonds. The first-order chi connectivity index (χ1) is 11.2. The molecule has 0 aliphatic heterocycles. The van der Waals surface area contributed by atoms with Gasteiger partial charge in [0.05, 0.1) is 6.04 Å². The van der Waals surface area contributed by atoms with E-state index in [9.17, 15) is 4.79 Å². The summed E-state index contributed by atoms with van der Waals surface area (Å²) >= 11 is 0. The second kappa shape index (κ2) is 6.92. The first-order valence-electron chi connectivity index (χ1n) is 7.53. The summed E-state index contributed by atoms with van der Waals surface area (Å²) < 4.78 is 5.59. The van der Waals surface area contributed by atoms with Crippen molar-refractivity contribution in [2.45, 2.75) is 13.0 Å². The number of benzene rings is 2. The Morgan fingerprint density at radius 1 is 1.09 bits per heavy atom. The van der Waals surface area contributed by atoms with Crippen molar-refractivity contribution >= 4 is 16.7 Å². The maximum absolute atomic E-state index is 12.0. The molecule has 1 aromatic heterocycles. The Hall–Kier alpha value is -2.88. The number of ether oxygens (including phenoxy) is 1. The van der Waals surface area contributed by atoms with Crippen LogP contribution in [0.25, 0.3) is 10.8 Å². The molecule has 116 valence electrons. The first kappa shape index (κ1) is 15.0. The van der Waals surface area contributed by atoms with Gasteiger partial charge in [-0.2, -0.15) is 0 Å².